The predicted molar refractivity (Wildman–Crippen MR) is 54.6 cm³/mol. The molecule has 0 unspecified atom stereocenters. The number of aliphatic carboxylic acids is 1. The molecule has 84 valence electrons. The van der Waals surface area contributed by atoms with Crippen LogP contribution in [-0.2, 0) is 11.2 Å². The van der Waals surface area contributed by atoms with Gasteiger partial charge in [-0.3, -0.25) is 5.41 Å². The Morgan fingerprint density at radius 2 is 2.12 bits per heavy atom. The number of hydrogen-bond acceptors (Lipinski definition) is 2. The highest BCUT2D eigenvalue weighted by atomic mass is 19.1. The molecule has 0 saturated carbocycles. The van der Waals surface area contributed by atoms with Crippen LogP contribution >= 0.6 is 0 Å². The van der Waals surface area contributed by atoms with E-state index in [4.69, 9.17) is 10.5 Å². The van der Waals surface area contributed by atoms with Crippen molar-refractivity contribution >= 4 is 11.7 Å². The van der Waals surface area contributed by atoms with Crippen LogP contribution in [0.4, 0.5) is 8.78 Å². The summed E-state index contributed by atoms with van der Waals surface area (Å²) in [6.07, 6.45) is 2.51. The predicted octanol–water partition coefficient (Wildman–Crippen LogP) is 2.17. The van der Waals surface area contributed by atoms with E-state index in [0.29, 0.717) is 0 Å². The summed E-state index contributed by atoms with van der Waals surface area (Å²) in [5.74, 6) is -2.70. The van der Waals surface area contributed by atoms with E-state index in [1.54, 1.807) is 0 Å². The molecule has 0 spiro atoms. The van der Waals surface area contributed by atoms with E-state index in [1.165, 1.54) is 12.1 Å². The van der Waals surface area contributed by atoms with Gasteiger partial charge in [0.25, 0.3) is 0 Å². The first-order valence-corrected chi connectivity index (χ1v) is 4.43. The normalized spacial score (nSPS) is 10.6. The van der Waals surface area contributed by atoms with Gasteiger partial charge in [0.2, 0.25) is 0 Å². The summed E-state index contributed by atoms with van der Waals surface area (Å²) in [6, 6.07) is 3.15. The van der Waals surface area contributed by atoms with Crippen LogP contribution in [0.15, 0.2) is 30.4 Å². The molecule has 3 nitrogen and oxygen atoms in total. The Labute approximate surface area is 90.5 Å². The maximum Gasteiger partial charge on any atom is 0.353 e. The van der Waals surface area contributed by atoms with Crippen molar-refractivity contribution in [1.29, 1.82) is 5.41 Å². The highest BCUT2D eigenvalue weighted by molar-refractivity contribution is 6.38. The van der Waals surface area contributed by atoms with Crippen LogP contribution in [0.3, 0.4) is 0 Å². The molecule has 0 aliphatic carbocycles. The van der Waals surface area contributed by atoms with Crippen molar-refractivity contribution in [2.24, 2.45) is 0 Å². The molecule has 1 rings (SSSR count). The second-order valence-corrected chi connectivity index (χ2v) is 3.06. The summed E-state index contributed by atoms with van der Waals surface area (Å²) in [5.41, 5.74) is -0.335. The van der Waals surface area contributed by atoms with Crippen LogP contribution in [0.2, 0.25) is 0 Å². The second-order valence-electron chi connectivity index (χ2n) is 3.06. The average Bonchev–Trinajstić information content (AvgIpc) is 2.20. The molecule has 0 atom stereocenters. The summed E-state index contributed by atoms with van der Waals surface area (Å²) < 4.78 is 25.6. The number of carbonyl (C=O) groups is 1. The maximum atomic E-state index is 13.1. The van der Waals surface area contributed by atoms with Crippen LogP contribution in [0, 0.1) is 17.0 Å². The van der Waals surface area contributed by atoms with Crippen molar-refractivity contribution in [3.05, 3.63) is 47.5 Å². The zero-order chi connectivity index (χ0) is 12.1. The van der Waals surface area contributed by atoms with Gasteiger partial charge >= 0.3 is 5.97 Å². The number of carboxylic acids is 1. The minimum Gasteiger partial charge on any atom is -0.477 e. The third-order valence-electron chi connectivity index (χ3n) is 1.87. The van der Waals surface area contributed by atoms with E-state index in [1.807, 2.05) is 0 Å². The lowest BCUT2D eigenvalue weighted by Gasteiger charge is -1.98. The first-order chi connectivity index (χ1) is 7.50. The van der Waals surface area contributed by atoms with Gasteiger partial charge < -0.3 is 5.11 Å². The molecular formula is C11H9F2NO2. The minimum absolute atomic E-state index is 0.113. The Hall–Kier alpha value is -2.04. The quantitative estimate of drug-likeness (QED) is 0.771. The minimum atomic E-state index is -1.35. The van der Waals surface area contributed by atoms with Gasteiger partial charge in [-0.15, -0.1) is 0 Å². The van der Waals surface area contributed by atoms with Crippen LogP contribution in [-0.4, -0.2) is 16.8 Å². The molecule has 0 bridgehead atoms. The molecule has 0 amide bonds. The zero-order valence-corrected chi connectivity index (χ0v) is 8.21. The van der Waals surface area contributed by atoms with Crippen molar-refractivity contribution < 1.29 is 18.7 Å². The third-order valence-corrected chi connectivity index (χ3v) is 1.87. The van der Waals surface area contributed by atoms with Gasteiger partial charge in [0.05, 0.1) is 0 Å². The Kier molecular flexibility index (Phi) is 3.88. The van der Waals surface area contributed by atoms with Crippen LogP contribution < -0.4 is 0 Å². The first-order valence-electron chi connectivity index (χ1n) is 4.43. The largest absolute Gasteiger partial charge is 0.477 e. The van der Waals surface area contributed by atoms with Crippen molar-refractivity contribution in [3.63, 3.8) is 0 Å². The van der Waals surface area contributed by atoms with Crippen molar-refractivity contribution in [3.8, 4) is 0 Å². The summed E-state index contributed by atoms with van der Waals surface area (Å²) in [5, 5.41) is 15.3. The van der Waals surface area contributed by atoms with Gasteiger partial charge in [0.15, 0.2) is 0 Å². The van der Waals surface area contributed by atoms with Gasteiger partial charge in [-0.05, 0) is 24.1 Å². The molecule has 5 heteroatoms. The van der Waals surface area contributed by atoms with E-state index < -0.39 is 23.3 Å². The fraction of sp³-hybridized carbons (Fsp3) is 0.0909. The summed E-state index contributed by atoms with van der Waals surface area (Å²) in [6.45, 7) is 0. The molecule has 1 aromatic rings. The van der Waals surface area contributed by atoms with E-state index in [9.17, 15) is 13.6 Å². The molecule has 0 fully saturated rings. The Balaban J connectivity index is 2.68. The van der Waals surface area contributed by atoms with Gasteiger partial charge in [-0.1, -0.05) is 12.1 Å². The van der Waals surface area contributed by atoms with Gasteiger partial charge in [0, 0.05) is 6.07 Å². The van der Waals surface area contributed by atoms with Gasteiger partial charge in [-0.25, -0.2) is 13.6 Å². The van der Waals surface area contributed by atoms with Gasteiger partial charge in [0.1, 0.15) is 17.3 Å². The summed E-state index contributed by atoms with van der Waals surface area (Å²) in [4.78, 5) is 10.3. The Morgan fingerprint density at radius 1 is 1.44 bits per heavy atom. The van der Waals surface area contributed by atoms with Crippen molar-refractivity contribution in [2.75, 3.05) is 0 Å². The molecule has 1 aromatic carbocycles. The summed E-state index contributed by atoms with van der Waals surface area (Å²) in [7, 11) is 0. The van der Waals surface area contributed by atoms with Crippen LogP contribution in [0.5, 0.6) is 0 Å². The molecule has 0 aliphatic heterocycles. The first kappa shape index (κ1) is 12.0. The van der Waals surface area contributed by atoms with Crippen LogP contribution in [0.1, 0.15) is 5.56 Å². The molecular weight excluding hydrogens is 216 g/mol. The fourth-order valence-electron chi connectivity index (χ4n) is 1.06. The van der Waals surface area contributed by atoms with Crippen molar-refractivity contribution in [1.82, 2.24) is 0 Å². The second kappa shape index (κ2) is 5.16. The topological polar surface area (TPSA) is 61.2 Å². The SMILES string of the molecule is N=C(/C=C/Cc1ccc(F)cc1F)C(=O)O. The fourth-order valence-corrected chi connectivity index (χ4v) is 1.06. The van der Waals surface area contributed by atoms with Crippen LogP contribution in [0.25, 0.3) is 0 Å². The summed E-state index contributed by atoms with van der Waals surface area (Å²) >= 11 is 0. The van der Waals surface area contributed by atoms with Gasteiger partial charge in [-0.2, -0.15) is 0 Å². The molecule has 2 N–H and O–H groups in total. The zero-order valence-electron chi connectivity index (χ0n) is 8.21. The molecule has 0 aromatic heterocycles. The van der Waals surface area contributed by atoms with E-state index in [0.717, 1.165) is 18.2 Å². The Bertz CT molecular complexity index is 455. The third kappa shape index (κ3) is 3.27. The number of carboxylic acid groups (broad SMARTS) is 1. The van der Waals surface area contributed by atoms with E-state index in [-0.39, 0.29) is 12.0 Å². The molecule has 0 saturated heterocycles. The standard InChI is InChI=1S/C11H9F2NO2/c12-8-5-4-7(9(13)6-8)2-1-3-10(14)11(15)16/h1,3-6,14H,2H2,(H,15,16)/b3-1+,14-10?. The lowest BCUT2D eigenvalue weighted by atomic mass is 10.1. The van der Waals surface area contributed by atoms with E-state index >= 15 is 0 Å². The smallest absolute Gasteiger partial charge is 0.353 e. The Morgan fingerprint density at radius 3 is 2.69 bits per heavy atom. The number of allylic oxidation sites excluding steroid dienone is 1. The number of hydrogen-bond donors (Lipinski definition) is 2. The lowest BCUT2D eigenvalue weighted by molar-refractivity contribution is -0.129. The molecule has 0 aliphatic rings. The monoisotopic (exact) mass is 225 g/mol. The van der Waals surface area contributed by atoms with E-state index in [2.05, 4.69) is 0 Å². The molecule has 16 heavy (non-hydrogen) atoms. The maximum absolute atomic E-state index is 13.1. The number of nitrogens with one attached hydrogen (secondary N) is 1. The molecule has 0 radical (unpaired) electrons. The van der Waals surface area contributed by atoms with Crippen molar-refractivity contribution in [2.45, 2.75) is 6.42 Å². The molecule has 0 heterocycles. The highest BCUT2D eigenvalue weighted by Gasteiger charge is 2.03. The number of rotatable bonds is 4. The highest BCUT2D eigenvalue weighted by Crippen LogP contribution is 2.10. The lowest BCUT2D eigenvalue weighted by Crippen LogP contribution is -2.07. The average molecular weight is 225 g/mol. The number of benzene rings is 1. The number of halogens is 2.